The first kappa shape index (κ1) is 25.7. The zero-order chi connectivity index (χ0) is 21.1. The van der Waals surface area contributed by atoms with Crippen LogP contribution in [0, 0.1) is 0 Å². The van der Waals surface area contributed by atoms with Crippen molar-refractivity contribution in [2.24, 2.45) is 4.99 Å². The molecule has 0 fully saturated rings. The van der Waals surface area contributed by atoms with Crippen molar-refractivity contribution in [1.82, 2.24) is 15.6 Å². The smallest absolute Gasteiger partial charge is 0.387 e. The van der Waals surface area contributed by atoms with Crippen molar-refractivity contribution in [2.45, 2.75) is 33.5 Å². The van der Waals surface area contributed by atoms with E-state index in [4.69, 9.17) is 9.47 Å². The van der Waals surface area contributed by atoms with E-state index in [1.165, 1.54) is 0 Å². The monoisotopic (exact) mass is 536 g/mol. The van der Waals surface area contributed by atoms with Crippen LogP contribution < -0.4 is 24.8 Å². The number of hydrogen-bond acceptors (Lipinski definition) is 5. The minimum Gasteiger partial charge on any atom is -0.490 e. The minimum absolute atomic E-state index is 0. The van der Waals surface area contributed by atoms with E-state index in [1.54, 1.807) is 38.3 Å². The highest BCUT2D eigenvalue weighted by molar-refractivity contribution is 14.0. The summed E-state index contributed by atoms with van der Waals surface area (Å²) in [6, 6.07) is 10.5. The molecule has 1 aromatic carbocycles. The molecular formula is C20H27F2IN4O3. The maximum Gasteiger partial charge on any atom is 0.387 e. The molecule has 0 saturated carbocycles. The summed E-state index contributed by atoms with van der Waals surface area (Å²) in [5, 5.41) is 6.27. The van der Waals surface area contributed by atoms with Crippen LogP contribution in [0.3, 0.4) is 0 Å². The first-order valence-electron chi connectivity index (χ1n) is 9.28. The molecule has 0 aliphatic rings. The number of aromatic nitrogens is 1. The summed E-state index contributed by atoms with van der Waals surface area (Å²) < 4.78 is 40.9. The van der Waals surface area contributed by atoms with E-state index in [1.807, 2.05) is 19.1 Å². The lowest BCUT2D eigenvalue weighted by atomic mass is 10.2. The standard InChI is InChI=1S/C20H26F2N4O3.HI/c1-4-23-20(25-13-15-9-7-11-17(26-15)27-3)24-12-14-8-6-10-16(28-5-2)18(14)29-19(21)22;/h6-11,19H,4-5,12-13H2,1-3H3,(H2,23,24,25);1H. The Kier molecular flexibility index (Phi) is 11.8. The number of nitrogens with one attached hydrogen (secondary N) is 2. The van der Waals surface area contributed by atoms with Crippen molar-refractivity contribution in [1.29, 1.82) is 0 Å². The summed E-state index contributed by atoms with van der Waals surface area (Å²) in [7, 11) is 1.56. The second kappa shape index (κ2) is 13.8. The quantitative estimate of drug-likeness (QED) is 0.272. The predicted octanol–water partition coefficient (Wildman–Crippen LogP) is 3.96. The number of guanidine groups is 1. The van der Waals surface area contributed by atoms with Crippen molar-refractivity contribution >= 4 is 29.9 Å². The molecule has 0 radical (unpaired) electrons. The molecule has 0 aliphatic carbocycles. The highest BCUT2D eigenvalue weighted by Gasteiger charge is 2.15. The van der Waals surface area contributed by atoms with Crippen LogP contribution in [0.15, 0.2) is 41.4 Å². The molecule has 10 heteroatoms. The van der Waals surface area contributed by atoms with Crippen molar-refractivity contribution in [3.8, 4) is 17.4 Å². The number of benzene rings is 1. The second-order valence-corrected chi connectivity index (χ2v) is 5.78. The molecule has 0 bridgehead atoms. The molecule has 166 valence electrons. The fraction of sp³-hybridized carbons (Fsp3) is 0.400. The molecule has 7 nitrogen and oxygen atoms in total. The van der Waals surface area contributed by atoms with Crippen molar-refractivity contribution < 1.29 is 23.0 Å². The molecular weight excluding hydrogens is 509 g/mol. The van der Waals surface area contributed by atoms with Crippen molar-refractivity contribution in [2.75, 3.05) is 20.3 Å². The second-order valence-electron chi connectivity index (χ2n) is 5.78. The lowest BCUT2D eigenvalue weighted by Crippen LogP contribution is -2.37. The van der Waals surface area contributed by atoms with Crippen LogP contribution in [-0.2, 0) is 13.1 Å². The van der Waals surface area contributed by atoms with Gasteiger partial charge in [0.1, 0.15) is 0 Å². The van der Waals surface area contributed by atoms with E-state index in [0.29, 0.717) is 37.1 Å². The summed E-state index contributed by atoms with van der Waals surface area (Å²) >= 11 is 0. The molecule has 0 unspecified atom stereocenters. The SMILES string of the molecule is CCNC(=NCc1cccc(OCC)c1OC(F)F)NCc1cccc(OC)n1.I. The number of para-hydroxylation sites is 1. The van der Waals surface area contributed by atoms with Gasteiger partial charge in [-0.15, -0.1) is 24.0 Å². The molecule has 0 amide bonds. The van der Waals surface area contributed by atoms with Gasteiger partial charge in [-0.1, -0.05) is 18.2 Å². The van der Waals surface area contributed by atoms with Crippen LogP contribution in [-0.4, -0.2) is 37.8 Å². The number of alkyl halides is 2. The minimum atomic E-state index is -2.95. The molecule has 0 saturated heterocycles. The fourth-order valence-electron chi connectivity index (χ4n) is 2.53. The van der Waals surface area contributed by atoms with Gasteiger partial charge in [-0.2, -0.15) is 8.78 Å². The van der Waals surface area contributed by atoms with Crippen LogP contribution in [0.1, 0.15) is 25.1 Å². The Labute approximate surface area is 192 Å². The van der Waals surface area contributed by atoms with Gasteiger partial charge < -0.3 is 24.8 Å². The Hall–Kier alpha value is -2.37. The van der Waals surface area contributed by atoms with E-state index in [0.717, 1.165) is 5.69 Å². The Bertz CT molecular complexity index is 809. The molecule has 2 N–H and O–H groups in total. The molecule has 2 aromatic rings. The topological polar surface area (TPSA) is 77.0 Å². The van der Waals surface area contributed by atoms with Gasteiger partial charge in [0.25, 0.3) is 0 Å². The van der Waals surface area contributed by atoms with Gasteiger partial charge in [-0.25, -0.2) is 9.98 Å². The average molecular weight is 536 g/mol. The van der Waals surface area contributed by atoms with Crippen LogP contribution in [0.4, 0.5) is 8.78 Å². The number of pyridine rings is 1. The van der Waals surface area contributed by atoms with Crippen molar-refractivity contribution in [3.05, 3.63) is 47.7 Å². The average Bonchev–Trinajstić information content (AvgIpc) is 2.72. The van der Waals surface area contributed by atoms with Crippen LogP contribution in [0.25, 0.3) is 0 Å². The largest absolute Gasteiger partial charge is 0.490 e. The Balaban J connectivity index is 0.00000450. The highest BCUT2D eigenvalue weighted by atomic mass is 127. The van der Waals surface area contributed by atoms with Gasteiger partial charge in [0, 0.05) is 18.2 Å². The molecule has 30 heavy (non-hydrogen) atoms. The summed E-state index contributed by atoms with van der Waals surface area (Å²) in [5.41, 5.74) is 1.27. The third-order valence-corrected chi connectivity index (χ3v) is 3.75. The lowest BCUT2D eigenvalue weighted by Gasteiger charge is -2.15. The van der Waals surface area contributed by atoms with Gasteiger partial charge >= 0.3 is 6.61 Å². The normalized spacial score (nSPS) is 10.9. The highest BCUT2D eigenvalue weighted by Crippen LogP contribution is 2.33. The Morgan fingerprint density at radius 2 is 1.90 bits per heavy atom. The van der Waals surface area contributed by atoms with Gasteiger partial charge in [0.05, 0.1) is 32.5 Å². The molecule has 2 rings (SSSR count). The zero-order valence-electron chi connectivity index (χ0n) is 17.2. The molecule has 1 heterocycles. The third-order valence-electron chi connectivity index (χ3n) is 3.75. The number of nitrogens with zero attached hydrogens (tertiary/aromatic N) is 2. The number of ether oxygens (including phenoxy) is 3. The van der Waals surface area contributed by atoms with E-state index >= 15 is 0 Å². The van der Waals surface area contributed by atoms with E-state index in [2.05, 4.69) is 25.3 Å². The Morgan fingerprint density at radius 3 is 2.57 bits per heavy atom. The number of rotatable bonds is 10. The third kappa shape index (κ3) is 8.17. The van der Waals surface area contributed by atoms with E-state index in [-0.39, 0.29) is 42.0 Å². The van der Waals surface area contributed by atoms with E-state index in [9.17, 15) is 8.78 Å². The number of methoxy groups -OCH3 is 1. The van der Waals surface area contributed by atoms with Gasteiger partial charge in [-0.05, 0) is 26.0 Å². The van der Waals surface area contributed by atoms with Crippen LogP contribution in [0.5, 0.6) is 17.4 Å². The van der Waals surface area contributed by atoms with E-state index < -0.39 is 6.61 Å². The summed E-state index contributed by atoms with van der Waals surface area (Å²) in [5.74, 6) is 1.30. The first-order chi connectivity index (χ1) is 14.1. The molecule has 0 aliphatic heterocycles. The zero-order valence-corrected chi connectivity index (χ0v) is 19.5. The lowest BCUT2D eigenvalue weighted by molar-refractivity contribution is -0.0520. The van der Waals surface area contributed by atoms with Gasteiger partial charge in [0.15, 0.2) is 17.5 Å². The molecule has 0 atom stereocenters. The summed E-state index contributed by atoms with van der Waals surface area (Å²) in [6.45, 7) is 2.27. The Morgan fingerprint density at radius 1 is 1.13 bits per heavy atom. The summed E-state index contributed by atoms with van der Waals surface area (Å²) in [4.78, 5) is 8.80. The number of halogens is 3. The molecule has 0 spiro atoms. The molecule has 1 aromatic heterocycles. The number of hydrogen-bond donors (Lipinski definition) is 2. The summed E-state index contributed by atoms with van der Waals surface area (Å²) in [6.07, 6.45) is 0. The first-order valence-corrected chi connectivity index (χ1v) is 9.28. The van der Waals surface area contributed by atoms with Crippen molar-refractivity contribution in [3.63, 3.8) is 0 Å². The van der Waals surface area contributed by atoms with Crippen LogP contribution in [0.2, 0.25) is 0 Å². The van der Waals surface area contributed by atoms with Crippen LogP contribution >= 0.6 is 24.0 Å². The maximum absolute atomic E-state index is 12.9. The van der Waals surface area contributed by atoms with Gasteiger partial charge in [-0.3, -0.25) is 0 Å². The maximum atomic E-state index is 12.9. The fourth-order valence-corrected chi connectivity index (χ4v) is 2.53. The predicted molar refractivity (Wildman–Crippen MR) is 122 cm³/mol. The number of aliphatic imine (C=N–C) groups is 1. The van der Waals surface area contributed by atoms with Gasteiger partial charge in [0.2, 0.25) is 5.88 Å².